The highest BCUT2D eigenvalue weighted by atomic mass is 16.4. The highest BCUT2D eigenvalue weighted by molar-refractivity contribution is 5.89. The van der Waals surface area contributed by atoms with Crippen molar-refractivity contribution in [3.63, 3.8) is 0 Å². The minimum Gasteiger partial charge on any atom is -0.478 e. The van der Waals surface area contributed by atoms with Crippen LogP contribution in [0.4, 0.5) is 11.4 Å². The zero-order valence-electron chi connectivity index (χ0n) is 13.9. The van der Waals surface area contributed by atoms with E-state index < -0.39 is 5.97 Å². The Kier molecular flexibility index (Phi) is 4.94. The summed E-state index contributed by atoms with van der Waals surface area (Å²) in [4.78, 5) is 17.9. The van der Waals surface area contributed by atoms with Gasteiger partial charge in [-0.05, 0) is 67.6 Å². The molecule has 0 amide bonds. The van der Waals surface area contributed by atoms with Crippen molar-refractivity contribution in [2.24, 2.45) is 4.99 Å². The number of aliphatic imine (C=N–C) groups is 1. The van der Waals surface area contributed by atoms with Gasteiger partial charge in [-0.15, -0.1) is 0 Å². The van der Waals surface area contributed by atoms with Gasteiger partial charge >= 0.3 is 5.97 Å². The summed E-state index contributed by atoms with van der Waals surface area (Å²) in [6.45, 7) is 4.16. The first-order valence-corrected chi connectivity index (χ1v) is 8.36. The van der Waals surface area contributed by atoms with Gasteiger partial charge < -0.3 is 10.0 Å². The number of aromatic carboxylic acids is 1. The van der Waals surface area contributed by atoms with Crippen LogP contribution in [-0.4, -0.2) is 30.4 Å². The summed E-state index contributed by atoms with van der Waals surface area (Å²) in [6, 6.07) is 13.4. The highest BCUT2D eigenvalue weighted by Gasteiger charge is 2.10. The Labute approximate surface area is 142 Å². The van der Waals surface area contributed by atoms with E-state index >= 15 is 0 Å². The third kappa shape index (κ3) is 3.82. The lowest BCUT2D eigenvalue weighted by molar-refractivity contribution is 0.0697. The van der Waals surface area contributed by atoms with E-state index in [9.17, 15) is 4.79 Å². The van der Waals surface area contributed by atoms with Crippen molar-refractivity contribution in [3.8, 4) is 0 Å². The maximum atomic E-state index is 11.0. The van der Waals surface area contributed by atoms with Crippen molar-refractivity contribution in [1.82, 2.24) is 0 Å². The molecule has 3 rings (SSSR count). The summed E-state index contributed by atoms with van der Waals surface area (Å²) in [5, 5.41) is 9.00. The van der Waals surface area contributed by atoms with Crippen LogP contribution >= 0.6 is 0 Å². The number of benzene rings is 2. The zero-order valence-corrected chi connectivity index (χ0v) is 13.9. The molecule has 1 N–H and O–H groups in total. The van der Waals surface area contributed by atoms with Crippen LogP contribution in [0.1, 0.15) is 40.7 Å². The predicted molar refractivity (Wildman–Crippen MR) is 97.9 cm³/mol. The molecule has 0 bridgehead atoms. The van der Waals surface area contributed by atoms with E-state index in [1.807, 2.05) is 13.1 Å². The molecular formula is C20H22N2O2. The molecule has 0 saturated carbocycles. The van der Waals surface area contributed by atoms with Gasteiger partial charge in [-0.1, -0.05) is 12.1 Å². The molecule has 2 aromatic rings. The quantitative estimate of drug-likeness (QED) is 0.847. The monoisotopic (exact) mass is 322 g/mol. The van der Waals surface area contributed by atoms with Crippen molar-refractivity contribution in [3.05, 3.63) is 59.2 Å². The molecule has 0 spiro atoms. The number of nitrogens with zero attached hydrogens (tertiary/aromatic N) is 2. The van der Waals surface area contributed by atoms with E-state index in [0.29, 0.717) is 0 Å². The maximum Gasteiger partial charge on any atom is 0.335 e. The minimum absolute atomic E-state index is 0.289. The number of hydrogen-bond donors (Lipinski definition) is 1. The lowest BCUT2D eigenvalue weighted by atomic mass is 10.1. The van der Waals surface area contributed by atoms with Crippen LogP contribution in [-0.2, 0) is 0 Å². The van der Waals surface area contributed by atoms with Gasteiger partial charge in [0.1, 0.15) is 0 Å². The molecule has 1 saturated heterocycles. The Morgan fingerprint density at radius 1 is 1.08 bits per heavy atom. The molecule has 0 radical (unpaired) electrons. The number of piperidine rings is 1. The first-order valence-electron chi connectivity index (χ1n) is 8.36. The molecule has 4 nitrogen and oxygen atoms in total. The summed E-state index contributed by atoms with van der Waals surface area (Å²) in [6.07, 6.45) is 5.70. The topological polar surface area (TPSA) is 52.9 Å². The molecule has 1 heterocycles. The Bertz CT molecular complexity index is 745. The Balaban J connectivity index is 1.71. The predicted octanol–water partition coefficient (Wildman–Crippen LogP) is 4.43. The van der Waals surface area contributed by atoms with Gasteiger partial charge in [0.25, 0.3) is 0 Å². The number of carboxylic acids is 1. The molecule has 24 heavy (non-hydrogen) atoms. The first kappa shape index (κ1) is 16.2. The maximum absolute atomic E-state index is 11.0. The van der Waals surface area contributed by atoms with E-state index in [1.54, 1.807) is 18.2 Å². The van der Waals surface area contributed by atoms with E-state index in [4.69, 9.17) is 5.11 Å². The van der Waals surface area contributed by atoms with Crippen LogP contribution in [0.25, 0.3) is 0 Å². The lowest BCUT2D eigenvalue weighted by Gasteiger charge is -2.28. The van der Waals surface area contributed by atoms with Gasteiger partial charge in [0.05, 0.1) is 11.3 Å². The van der Waals surface area contributed by atoms with Crippen molar-refractivity contribution in [1.29, 1.82) is 0 Å². The van der Waals surface area contributed by atoms with Crippen LogP contribution in [0.5, 0.6) is 0 Å². The second-order valence-corrected chi connectivity index (χ2v) is 6.20. The number of rotatable bonds is 4. The molecule has 1 fully saturated rings. The third-order valence-electron chi connectivity index (χ3n) is 4.41. The SMILES string of the molecule is Cc1cc(C(=O)O)ccc1N=Cc1ccc(N2CCCCC2)cc1. The van der Waals surface area contributed by atoms with Gasteiger partial charge in [-0.2, -0.15) is 0 Å². The van der Waals surface area contributed by atoms with E-state index in [-0.39, 0.29) is 5.56 Å². The zero-order chi connectivity index (χ0) is 16.9. The van der Waals surface area contributed by atoms with Crippen molar-refractivity contribution in [2.45, 2.75) is 26.2 Å². The number of hydrogen-bond acceptors (Lipinski definition) is 3. The molecule has 0 unspecified atom stereocenters. The van der Waals surface area contributed by atoms with Gasteiger partial charge in [0.2, 0.25) is 0 Å². The number of carbonyl (C=O) groups is 1. The van der Waals surface area contributed by atoms with Crippen molar-refractivity contribution < 1.29 is 9.90 Å². The smallest absolute Gasteiger partial charge is 0.335 e. The van der Waals surface area contributed by atoms with Crippen LogP contribution in [0.3, 0.4) is 0 Å². The van der Waals surface area contributed by atoms with Gasteiger partial charge in [-0.25, -0.2) is 4.79 Å². The fourth-order valence-electron chi connectivity index (χ4n) is 3.00. The third-order valence-corrected chi connectivity index (χ3v) is 4.41. The second kappa shape index (κ2) is 7.30. The average Bonchev–Trinajstić information content (AvgIpc) is 2.62. The number of anilines is 1. The van der Waals surface area contributed by atoms with Crippen LogP contribution in [0, 0.1) is 6.92 Å². The van der Waals surface area contributed by atoms with E-state index in [1.165, 1.54) is 24.9 Å². The fourth-order valence-corrected chi connectivity index (χ4v) is 3.00. The van der Waals surface area contributed by atoms with Gasteiger partial charge in [-0.3, -0.25) is 4.99 Å². The first-order chi connectivity index (χ1) is 11.6. The molecule has 0 atom stereocenters. The largest absolute Gasteiger partial charge is 0.478 e. The summed E-state index contributed by atoms with van der Waals surface area (Å²) in [7, 11) is 0. The van der Waals surface area contributed by atoms with Crippen molar-refractivity contribution >= 4 is 23.6 Å². The molecular weight excluding hydrogens is 300 g/mol. The van der Waals surface area contributed by atoms with E-state index in [0.717, 1.165) is 29.9 Å². The molecule has 0 aromatic heterocycles. The molecule has 0 aliphatic carbocycles. The highest BCUT2D eigenvalue weighted by Crippen LogP contribution is 2.22. The summed E-state index contributed by atoms with van der Waals surface area (Å²) in [5.74, 6) is -0.915. The molecule has 1 aliphatic rings. The molecule has 2 aromatic carbocycles. The van der Waals surface area contributed by atoms with Crippen LogP contribution < -0.4 is 4.90 Å². The minimum atomic E-state index is -0.915. The normalized spacial score (nSPS) is 15.0. The summed E-state index contributed by atoms with van der Waals surface area (Å²) >= 11 is 0. The molecule has 1 aliphatic heterocycles. The Morgan fingerprint density at radius 3 is 2.42 bits per heavy atom. The molecule has 124 valence electrons. The van der Waals surface area contributed by atoms with Crippen LogP contribution in [0.2, 0.25) is 0 Å². The van der Waals surface area contributed by atoms with Gasteiger partial charge in [0.15, 0.2) is 0 Å². The van der Waals surface area contributed by atoms with E-state index in [2.05, 4.69) is 34.2 Å². The number of carboxylic acid groups (broad SMARTS) is 1. The Morgan fingerprint density at radius 2 is 1.79 bits per heavy atom. The van der Waals surface area contributed by atoms with Crippen molar-refractivity contribution in [2.75, 3.05) is 18.0 Å². The fraction of sp³-hybridized carbons (Fsp3) is 0.300. The second-order valence-electron chi connectivity index (χ2n) is 6.20. The number of aryl methyl sites for hydroxylation is 1. The molecule has 4 heteroatoms. The van der Waals surface area contributed by atoms with Gasteiger partial charge in [0, 0.05) is 25.0 Å². The van der Waals surface area contributed by atoms with Crippen LogP contribution in [0.15, 0.2) is 47.5 Å². The lowest BCUT2D eigenvalue weighted by Crippen LogP contribution is -2.29. The summed E-state index contributed by atoms with van der Waals surface area (Å²) in [5.41, 5.74) is 4.25. The average molecular weight is 322 g/mol. The Hall–Kier alpha value is -2.62. The summed E-state index contributed by atoms with van der Waals surface area (Å²) < 4.78 is 0. The standard InChI is InChI=1S/C20H22N2O2/c1-15-13-17(20(23)24)7-10-19(15)21-14-16-5-8-18(9-6-16)22-11-3-2-4-12-22/h5-10,13-14H,2-4,11-12H2,1H3,(H,23,24).